The van der Waals surface area contributed by atoms with Crippen LogP contribution in [-0.4, -0.2) is 44.3 Å². The molecule has 2 saturated heterocycles. The maximum absolute atomic E-state index is 12.5. The van der Waals surface area contributed by atoms with Crippen LogP contribution in [0.2, 0.25) is 0 Å². The highest BCUT2D eigenvalue weighted by Crippen LogP contribution is 2.39. The molecule has 2 fully saturated rings. The van der Waals surface area contributed by atoms with Gasteiger partial charge < -0.3 is 14.2 Å². The quantitative estimate of drug-likeness (QED) is 0.446. The number of hydrogen-bond acceptors (Lipinski definition) is 7. The molecule has 5 atom stereocenters. The summed E-state index contributed by atoms with van der Waals surface area (Å²) in [6.07, 6.45) is -6.25. The summed E-state index contributed by atoms with van der Waals surface area (Å²) in [7, 11) is -5.99. The molecule has 0 unspecified atom stereocenters. The molecular formula is C14H13F3O7S. The van der Waals surface area contributed by atoms with Gasteiger partial charge in [0.1, 0.15) is 6.10 Å². The van der Waals surface area contributed by atoms with Crippen molar-refractivity contribution in [2.45, 2.75) is 43.1 Å². The fraction of sp³-hybridized carbons (Fsp3) is 0.500. The molecule has 2 heterocycles. The van der Waals surface area contributed by atoms with Gasteiger partial charge in [-0.25, -0.2) is 8.98 Å². The van der Waals surface area contributed by atoms with Gasteiger partial charge in [-0.2, -0.15) is 21.6 Å². The number of fused-ring (bicyclic) bond motifs is 1. The number of rotatable bonds is 3. The van der Waals surface area contributed by atoms with Crippen molar-refractivity contribution in [3.8, 4) is 0 Å². The van der Waals surface area contributed by atoms with Gasteiger partial charge >= 0.3 is 21.6 Å². The van der Waals surface area contributed by atoms with Gasteiger partial charge in [0.15, 0.2) is 12.4 Å². The summed E-state index contributed by atoms with van der Waals surface area (Å²) in [5, 5.41) is 0. The van der Waals surface area contributed by atoms with Crippen LogP contribution >= 0.6 is 0 Å². The van der Waals surface area contributed by atoms with Crippen molar-refractivity contribution in [1.29, 1.82) is 0 Å². The zero-order valence-corrected chi connectivity index (χ0v) is 13.5. The van der Waals surface area contributed by atoms with Gasteiger partial charge in [-0.05, 0) is 6.92 Å². The zero-order valence-electron chi connectivity index (χ0n) is 12.7. The largest absolute Gasteiger partial charge is 0.523 e. The molecule has 3 rings (SSSR count). The molecule has 2 aliphatic rings. The SMILES string of the molecule is C[C@@H]1O[C@@H](c2ccccc2)O[C@@H]2[C@H]1OC(=O)[C@@H]2OS(=O)(=O)C(F)(F)F. The van der Waals surface area contributed by atoms with Crippen molar-refractivity contribution in [2.24, 2.45) is 0 Å². The van der Waals surface area contributed by atoms with Gasteiger partial charge in [-0.3, -0.25) is 0 Å². The van der Waals surface area contributed by atoms with Crippen LogP contribution in [0.5, 0.6) is 0 Å². The Kier molecular flexibility index (Phi) is 4.52. The first-order valence-corrected chi connectivity index (χ1v) is 8.57. The molecule has 0 spiro atoms. The Morgan fingerprint density at radius 2 is 1.72 bits per heavy atom. The minimum absolute atomic E-state index is 0.546. The number of esters is 1. The van der Waals surface area contributed by atoms with E-state index >= 15 is 0 Å². The summed E-state index contributed by atoms with van der Waals surface area (Å²) < 4.78 is 80.0. The molecule has 138 valence electrons. The van der Waals surface area contributed by atoms with Crippen LogP contribution in [0.15, 0.2) is 30.3 Å². The molecule has 7 nitrogen and oxygen atoms in total. The van der Waals surface area contributed by atoms with E-state index in [1.807, 2.05) is 0 Å². The molecule has 1 aromatic carbocycles. The highest BCUT2D eigenvalue weighted by atomic mass is 32.2. The fourth-order valence-corrected chi connectivity index (χ4v) is 3.16. The molecule has 0 aromatic heterocycles. The number of hydrogen-bond donors (Lipinski definition) is 0. The first kappa shape index (κ1) is 18.1. The molecular weight excluding hydrogens is 369 g/mol. The normalized spacial score (nSPS) is 33.0. The minimum atomic E-state index is -5.99. The van der Waals surface area contributed by atoms with E-state index in [1.54, 1.807) is 30.3 Å². The van der Waals surface area contributed by atoms with Crippen LogP contribution in [-0.2, 0) is 33.3 Å². The van der Waals surface area contributed by atoms with Crippen molar-refractivity contribution < 1.29 is 44.8 Å². The van der Waals surface area contributed by atoms with E-state index < -0.39 is 52.3 Å². The number of alkyl halides is 3. The van der Waals surface area contributed by atoms with Crippen LogP contribution in [0.25, 0.3) is 0 Å². The summed E-state index contributed by atoms with van der Waals surface area (Å²) in [6, 6.07) is 8.42. The Morgan fingerprint density at radius 3 is 2.32 bits per heavy atom. The van der Waals surface area contributed by atoms with Crippen LogP contribution in [0, 0.1) is 0 Å². The van der Waals surface area contributed by atoms with Crippen LogP contribution in [0.1, 0.15) is 18.8 Å². The maximum Gasteiger partial charge on any atom is 0.523 e. The number of carbonyl (C=O) groups excluding carboxylic acids is 1. The van der Waals surface area contributed by atoms with Crippen molar-refractivity contribution in [2.75, 3.05) is 0 Å². The lowest BCUT2D eigenvalue weighted by Crippen LogP contribution is -2.48. The molecule has 25 heavy (non-hydrogen) atoms. The van der Waals surface area contributed by atoms with Crippen molar-refractivity contribution in [3.63, 3.8) is 0 Å². The van der Waals surface area contributed by atoms with E-state index in [2.05, 4.69) is 4.18 Å². The van der Waals surface area contributed by atoms with E-state index in [-0.39, 0.29) is 0 Å². The summed E-state index contributed by atoms with van der Waals surface area (Å²) in [4.78, 5) is 11.8. The first-order valence-electron chi connectivity index (χ1n) is 7.16. The fourth-order valence-electron chi connectivity index (χ4n) is 2.59. The Bertz CT molecular complexity index is 749. The molecule has 1 aromatic rings. The molecule has 0 aliphatic carbocycles. The molecule has 2 aliphatic heterocycles. The lowest BCUT2D eigenvalue weighted by atomic mass is 10.0. The topological polar surface area (TPSA) is 88.1 Å². The maximum atomic E-state index is 12.5. The molecule has 0 amide bonds. The van der Waals surface area contributed by atoms with E-state index in [9.17, 15) is 26.4 Å². The summed E-state index contributed by atoms with van der Waals surface area (Å²) in [6.45, 7) is 1.53. The molecule has 0 radical (unpaired) electrons. The standard InChI is InChI=1S/C14H13F3O7S/c1-7-9-10(23-13(21-7)8-5-3-2-4-6-8)11(12(18)22-9)24-25(19,20)14(15,16)17/h2-7,9-11,13H,1H3/t7-,9-,10+,11+,13+/m0/s1. The van der Waals surface area contributed by atoms with Gasteiger partial charge in [0.2, 0.25) is 6.10 Å². The second-order valence-corrected chi connectivity index (χ2v) is 7.07. The third-order valence-corrected chi connectivity index (χ3v) is 4.80. The predicted octanol–water partition coefficient (Wildman–Crippen LogP) is 1.65. The van der Waals surface area contributed by atoms with E-state index in [4.69, 9.17) is 14.2 Å². The lowest BCUT2D eigenvalue weighted by molar-refractivity contribution is -0.277. The Morgan fingerprint density at radius 1 is 1.08 bits per heavy atom. The zero-order chi connectivity index (χ0) is 18.4. The third kappa shape index (κ3) is 3.36. The summed E-state index contributed by atoms with van der Waals surface area (Å²) in [5.41, 5.74) is -5.12. The van der Waals surface area contributed by atoms with Gasteiger partial charge in [0, 0.05) is 5.56 Å². The van der Waals surface area contributed by atoms with E-state index in [0.717, 1.165) is 0 Å². The average molecular weight is 382 g/mol. The van der Waals surface area contributed by atoms with Gasteiger partial charge in [0.05, 0.1) is 6.10 Å². The molecule has 11 heteroatoms. The van der Waals surface area contributed by atoms with Crippen molar-refractivity contribution in [1.82, 2.24) is 0 Å². The Labute approximate surface area is 140 Å². The van der Waals surface area contributed by atoms with Gasteiger partial charge in [0.25, 0.3) is 0 Å². The van der Waals surface area contributed by atoms with Crippen molar-refractivity contribution >= 4 is 16.1 Å². The van der Waals surface area contributed by atoms with Crippen LogP contribution < -0.4 is 0 Å². The Hall–Kier alpha value is -1.69. The first-order chi connectivity index (χ1) is 11.6. The molecule has 0 saturated carbocycles. The number of halogens is 3. The van der Waals surface area contributed by atoms with Gasteiger partial charge in [-0.1, -0.05) is 30.3 Å². The van der Waals surface area contributed by atoms with Crippen LogP contribution in [0.3, 0.4) is 0 Å². The third-order valence-electron chi connectivity index (χ3n) is 3.77. The predicted molar refractivity (Wildman–Crippen MR) is 74.3 cm³/mol. The lowest BCUT2D eigenvalue weighted by Gasteiger charge is -2.36. The molecule has 0 bridgehead atoms. The summed E-state index contributed by atoms with van der Waals surface area (Å²) >= 11 is 0. The van der Waals surface area contributed by atoms with Crippen LogP contribution in [0.4, 0.5) is 13.2 Å². The minimum Gasteiger partial charge on any atom is -0.455 e. The second kappa shape index (κ2) is 6.24. The van der Waals surface area contributed by atoms with E-state index in [0.29, 0.717) is 5.56 Å². The Balaban J connectivity index is 1.85. The number of ether oxygens (including phenoxy) is 3. The number of carbonyl (C=O) groups is 1. The average Bonchev–Trinajstić information content (AvgIpc) is 2.84. The smallest absolute Gasteiger partial charge is 0.455 e. The second-order valence-electron chi connectivity index (χ2n) is 5.50. The van der Waals surface area contributed by atoms with Crippen molar-refractivity contribution in [3.05, 3.63) is 35.9 Å². The van der Waals surface area contributed by atoms with Gasteiger partial charge in [-0.15, -0.1) is 0 Å². The highest BCUT2D eigenvalue weighted by Gasteiger charge is 2.58. The van der Waals surface area contributed by atoms with E-state index in [1.165, 1.54) is 6.92 Å². The summed E-state index contributed by atoms with van der Waals surface area (Å²) in [5.74, 6) is -1.26. The number of benzene rings is 1. The highest BCUT2D eigenvalue weighted by molar-refractivity contribution is 7.87. The monoisotopic (exact) mass is 382 g/mol. The molecule has 0 N–H and O–H groups in total.